The topological polar surface area (TPSA) is 42.2 Å². The monoisotopic (exact) mass is 253 g/mol. The Balaban J connectivity index is 2.92. The Kier molecular flexibility index (Phi) is 5.09. The average molecular weight is 253 g/mol. The number of rotatable bonds is 3. The molecule has 0 aliphatic rings. The Bertz CT molecular complexity index is 426. The standard InChI is InChI=1S/C11H11NO2S2/c1-3-16-11(15)14-10-6-9(13-2)5-4-8(10)7-12/h4-6H,3H2,1-2H3. The zero-order chi connectivity index (χ0) is 12.0. The molecule has 1 aromatic rings. The molecule has 0 bridgehead atoms. The summed E-state index contributed by atoms with van der Waals surface area (Å²) in [6, 6.07) is 7.05. The lowest BCUT2D eigenvalue weighted by molar-refractivity contribution is 0.412. The van der Waals surface area contributed by atoms with Gasteiger partial charge in [0.05, 0.1) is 12.7 Å². The van der Waals surface area contributed by atoms with Crippen LogP contribution >= 0.6 is 24.0 Å². The minimum Gasteiger partial charge on any atom is -0.497 e. The maximum Gasteiger partial charge on any atom is 0.225 e. The highest BCUT2D eigenvalue weighted by atomic mass is 32.2. The normalized spacial score (nSPS) is 9.31. The van der Waals surface area contributed by atoms with Crippen LogP contribution in [0.15, 0.2) is 18.2 Å². The van der Waals surface area contributed by atoms with Gasteiger partial charge in [0.25, 0.3) is 0 Å². The second kappa shape index (κ2) is 6.36. The van der Waals surface area contributed by atoms with Crippen LogP contribution < -0.4 is 9.47 Å². The lowest BCUT2D eigenvalue weighted by atomic mass is 10.2. The number of nitriles is 1. The molecule has 84 valence electrons. The average Bonchev–Trinajstić information content (AvgIpc) is 2.29. The van der Waals surface area contributed by atoms with E-state index in [4.69, 9.17) is 27.0 Å². The summed E-state index contributed by atoms with van der Waals surface area (Å²) in [4.78, 5) is 0. The molecule has 16 heavy (non-hydrogen) atoms. The summed E-state index contributed by atoms with van der Waals surface area (Å²) < 4.78 is 10.9. The number of thiocarbonyl (C=S) groups is 1. The smallest absolute Gasteiger partial charge is 0.225 e. The van der Waals surface area contributed by atoms with Crippen molar-refractivity contribution in [2.75, 3.05) is 12.9 Å². The summed E-state index contributed by atoms with van der Waals surface area (Å²) >= 11 is 6.43. The van der Waals surface area contributed by atoms with Crippen molar-refractivity contribution in [3.8, 4) is 17.6 Å². The van der Waals surface area contributed by atoms with Gasteiger partial charge in [-0.15, -0.1) is 0 Å². The zero-order valence-corrected chi connectivity index (χ0v) is 10.7. The largest absolute Gasteiger partial charge is 0.497 e. The molecule has 0 unspecified atom stereocenters. The van der Waals surface area contributed by atoms with Crippen molar-refractivity contribution in [2.45, 2.75) is 6.92 Å². The lowest BCUT2D eigenvalue weighted by Crippen LogP contribution is -2.02. The van der Waals surface area contributed by atoms with Gasteiger partial charge in [-0.3, -0.25) is 0 Å². The van der Waals surface area contributed by atoms with E-state index in [2.05, 4.69) is 0 Å². The molecule has 0 N–H and O–H groups in total. The first-order valence-electron chi connectivity index (χ1n) is 4.64. The molecule has 0 atom stereocenters. The van der Waals surface area contributed by atoms with E-state index in [-0.39, 0.29) is 0 Å². The van der Waals surface area contributed by atoms with Gasteiger partial charge in [-0.05, 0) is 30.1 Å². The molecule has 0 saturated heterocycles. The zero-order valence-electron chi connectivity index (χ0n) is 9.02. The van der Waals surface area contributed by atoms with Gasteiger partial charge >= 0.3 is 0 Å². The maximum absolute atomic E-state index is 8.90. The fourth-order valence-corrected chi connectivity index (χ4v) is 1.87. The summed E-state index contributed by atoms with van der Waals surface area (Å²) in [6.07, 6.45) is 0. The molecule has 0 aliphatic heterocycles. The van der Waals surface area contributed by atoms with Crippen LogP contribution in [0.1, 0.15) is 12.5 Å². The number of hydrogen-bond acceptors (Lipinski definition) is 5. The third-order valence-corrected chi connectivity index (χ3v) is 2.81. The predicted octanol–water partition coefficient (Wildman–Crippen LogP) is 2.98. The van der Waals surface area contributed by atoms with Gasteiger partial charge in [0.1, 0.15) is 11.8 Å². The number of benzene rings is 1. The first-order chi connectivity index (χ1) is 7.71. The van der Waals surface area contributed by atoms with Crippen LogP contribution in [-0.2, 0) is 0 Å². The molecule has 0 aromatic heterocycles. The highest BCUT2D eigenvalue weighted by Crippen LogP contribution is 2.25. The molecule has 3 nitrogen and oxygen atoms in total. The number of nitrogens with zero attached hydrogens (tertiary/aromatic N) is 1. The Morgan fingerprint density at radius 2 is 2.31 bits per heavy atom. The van der Waals surface area contributed by atoms with Crippen molar-refractivity contribution in [1.82, 2.24) is 0 Å². The third-order valence-electron chi connectivity index (χ3n) is 1.76. The van der Waals surface area contributed by atoms with Gasteiger partial charge in [-0.1, -0.05) is 18.7 Å². The van der Waals surface area contributed by atoms with E-state index in [1.54, 1.807) is 25.3 Å². The minimum absolute atomic E-state index is 0.409. The first-order valence-corrected chi connectivity index (χ1v) is 6.03. The summed E-state index contributed by atoms with van der Waals surface area (Å²) in [6.45, 7) is 1.98. The van der Waals surface area contributed by atoms with Gasteiger partial charge in [-0.2, -0.15) is 5.26 Å². The second-order valence-corrected chi connectivity index (χ2v) is 4.62. The van der Waals surface area contributed by atoms with Crippen LogP contribution in [-0.4, -0.2) is 17.2 Å². The molecule has 0 radical (unpaired) electrons. The Morgan fingerprint density at radius 1 is 1.56 bits per heavy atom. The minimum atomic E-state index is 0.409. The van der Waals surface area contributed by atoms with Crippen LogP contribution in [0.4, 0.5) is 0 Å². The van der Waals surface area contributed by atoms with Gasteiger partial charge in [0.2, 0.25) is 4.38 Å². The molecule has 1 aromatic carbocycles. The molecule has 0 aliphatic carbocycles. The van der Waals surface area contributed by atoms with Crippen molar-refractivity contribution < 1.29 is 9.47 Å². The van der Waals surface area contributed by atoms with Gasteiger partial charge < -0.3 is 9.47 Å². The molecule has 1 rings (SSSR count). The van der Waals surface area contributed by atoms with Gasteiger partial charge in [0.15, 0.2) is 5.75 Å². The summed E-state index contributed by atoms with van der Waals surface area (Å²) in [5.41, 5.74) is 0.444. The summed E-state index contributed by atoms with van der Waals surface area (Å²) in [7, 11) is 1.56. The van der Waals surface area contributed by atoms with E-state index in [1.807, 2.05) is 13.0 Å². The van der Waals surface area contributed by atoms with Crippen molar-refractivity contribution in [1.29, 1.82) is 5.26 Å². The number of hydrogen-bond donors (Lipinski definition) is 0. The molecule has 0 fully saturated rings. The number of ether oxygens (including phenoxy) is 2. The quantitative estimate of drug-likeness (QED) is 0.775. The van der Waals surface area contributed by atoms with E-state index in [0.717, 1.165) is 5.75 Å². The number of thioether (sulfide) groups is 1. The third kappa shape index (κ3) is 3.40. The van der Waals surface area contributed by atoms with E-state index >= 15 is 0 Å². The Labute approximate surface area is 104 Å². The van der Waals surface area contributed by atoms with Crippen LogP contribution in [0.3, 0.4) is 0 Å². The summed E-state index contributed by atoms with van der Waals surface area (Å²) in [5.74, 6) is 1.91. The maximum atomic E-state index is 8.90. The van der Waals surface area contributed by atoms with Crippen LogP contribution in [0, 0.1) is 11.3 Å². The predicted molar refractivity (Wildman–Crippen MR) is 69.1 cm³/mol. The molecule has 0 saturated carbocycles. The lowest BCUT2D eigenvalue weighted by Gasteiger charge is -2.08. The van der Waals surface area contributed by atoms with E-state index in [9.17, 15) is 0 Å². The highest BCUT2D eigenvalue weighted by molar-refractivity contribution is 8.22. The molecule has 0 spiro atoms. The Hall–Kier alpha value is -1.25. The van der Waals surface area contributed by atoms with E-state index in [0.29, 0.717) is 21.4 Å². The van der Waals surface area contributed by atoms with E-state index < -0.39 is 0 Å². The van der Waals surface area contributed by atoms with Crippen molar-refractivity contribution >= 4 is 28.4 Å². The molecular formula is C11H11NO2S2. The summed E-state index contributed by atoms with van der Waals surface area (Å²) in [5, 5.41) is 8.90. The number of methoxy groups -OCH3 is 1. The van der Waals surface area contributed by atoms with Crippen molar-refractivity contribution in [2.24, 2.45) is 0 Å². The van der Waals surface area contributed by atoms with Crippen LogP contribution in [0.2, 0.25) is 0 Å². The fourth-order valence-electron chi connectivity index (χ4n) is 1.04. The van der Waals surface area contributed by atoms with Gasteiger partial charge in [0, 0.05) is 6.07 Å². The van der Waals surface area contributed by atoms with Gasteiger partial charge in [-0.25, -0.2) is 0 Å². The van der Waals surface area contributed by atoms with Crippen molar-refractivity contribution in [3.05, 3.63) is 23.8 Å². The highest BCUT2D eigenvalue weighted by Gasteiger charge is 2.08. The molecule has 0 heterocycles. The van der Waals surface area contributed by atoms with E-state index in [1.165, 1.54) is 11.8 Å². The van der Waals surface area contributed by atoms with Crippen molar-refractivity contribution in [3.63, 3.8) is 0 Å². The SMILES string of the molecule is CCSC(=S)Oc1cc(OC)ccc1C#N. The molecule has 5 heteroatoms. The molecular weight excluding hydrogens is 242 g/mol. The van der Waals surface area contributed by atoms with Crippen LogP contribution in [0.25, 0.3) is 0 Å². The fraction of sp³-hybridized carbons (Fsp3) is 0.273. The Morgan fingerprint density at radius 3 is 2.88 bits per heavy atom. The van der Waals surface area contributed by atoms with Crippen LogP contribution in [0.5, 0.6) is 11.5 Å². The second-order valence-electron chi connectivity index (χ2n) is 2.76. The molecule has 0 amide bonds. The first kappa shape index (κ1) is 12.8.